The van der Waals surface area contributed by atoms with E-state index in [0.717, 1.165) is 23.7 Å². The second kappa shape index (κ2) is 5.68. The minimum atomic E-state index is -0.166. The first-order valence-corrected chi connectivity index (χ1v) is 7.85. The van der Waals surface area contributed by atoms with Gasteiger partial charge in [-0.05, 0) is 31.0 Å². The van der Waals surface area contributed by atoms with Crippen molar-refractivity contribution >= 4 is 28.3 Å². The van der Waals surface area contributed by atoms with E-state index in [9.17, 15) is 4.79 Å². The maximum Gasteiger partial charge on any atom is 0.350 e. The second-order valence-electron chi connectivity index (χ2n) is 5.94. The van der Waals surface area contributed by atoms with Gasteiger partial charge in [0.2, 0.25) is 0 Å². The molecule has 1 aromatic heterocycles. The molecule has 1 saturated carbocycles. The Morgan fingerprint density at radius 3 is 2.62 bits per heavy atom. The van der Waals surface area contributed by atoms with Crippen LogP contribution < -0.4 is 10.6 Å². The van der Waals surface area contributed by atoms with Crippen molar-refractivity contribution in [3.63, 3.8) is 0 Å². The molecule has 1 aliphatic rings. The number of aromatic nitrogens is 2. The molecule has 0 bridgehead atoms. The molecule has 112 valence electrons. The quantitative estimate of drug-likeness (QED) is 0.850. The Labute approximate surface area is 129 Å². The zero-order valence-electron chi connectivity index (χ0n) is 12.5. The van der Waals surface area contributed by atoms with Crippen molar-refractivity contribution in [1.82, 2.24) is 9.55 Å². The van der Waals surface area contributed by atoms with Crippen LogP contribution in [0.25, 0.3) is 10.9 Å². The maximum atomic E-state index is 12.6. The van der Waals surface area contributed by atoms with Gasteiger partial charge < -0.3 is 4.90 Å². The molecule has 1 heterocycles. The topological polar surface area (TPSA) is 38.1 Å². The first-order chi connectivity index (χ1) is 10.1. The summed E-state index contributed by atoms with van der Waals surface area (Å²) >= 11 is 6.16. The highest BCUT2D eigenvalue weighted by Gasteiger charge is 2.21. The van der Waals surface area contributed by atoms with Gasteiger partial charge in [0.05, 0.1) is 5.52 Å². The molecule has 1 aromatic carbocycles. The van der Waals surface area contributed by atoms with Crippen molar-refractivity contribution in [1.29, 1.82) is 0 Å². The van der Waals surface area contributed by atoms with Gasteiger partial charge in [-0.1, -0.05) is 30.9 Å². The number of hydrogen-bond acceptors (Lipinski definition) is 3. The van der Waals surface area contributed by atoms with E-state index >= 15 is 0 Å². The lowest BCUT2D eigenvalue weighted by atomic mass is 9.95. The van der Waals surface area contributed by atoms with Crippen LogP contribution in [0.4, 0.5) is 5.82 Å². The number of halogens is 1. The Balaban J connectivity index is 2.28. The van der Waals surface area contributed by atoms with Crippen LogP contribution in [0.3, 0.4) is 0 Å². The third kappa shape index (κ3) is 2.64. The predicted octanol–water partition coefficient (Wildman–Crippen LogP) is 3.62. The van der Waals surface area contributed by atoms with Crippen LogP contribution in [0.15, 0.2) is 23.0 Å². The third-order valence-corrected chi connectivity index (χ3v) is 4.47. The molecule has 0 saturated heterocycles. The van der Waals surface area contributed by atoms with Crippen molar-refractivity contribution in [2.24, 2.45) is 0 Å². The highest BCUT2D eigenvalue weighted by Crippen LogP contribution is 2.32. The lowest BCUT2D eigenvalue weighted by molar-refractivity contribution is 0.351. The van der Waals surface area contributed by atoms with E-state index in [2.05, 4.69) is 4.98 Å². The maximum absolute atomic E-state index is 12.6. The van der Waals surface area contributed by atoms with Gasteiger partial charge in [-0.25, -0.2) is 4.79 Å². The van der Waals surface area contributed by atoms with E-state index in [1.165, 1.54) is 19.3 Å². The van der Waals surface area contributed by atoms with Gasteiger partial charge in [-0.15, -0.1) is 0 Å². The fourth-order valence-corrected chi connectivity index (χ4v) is 3.40. The molecular formula is C16H20ClN3O. The highest BCUT2D eigenvalue weighted by molar-refractivity contribution is 6.31. The Kier molecular flexibility index (Phi) is 3.89. The summed E-state index contributed by atoms with van der Waals surface area (Å²) in [5.41, 5.74) is 0.735. The van der Waals surface area contributed by atoms with Crippen molar-refractivity contribution in [3.05, 3.63) is 33.7 Å². The van der Waals surface area contributed by atoms with E-state index in [0.29, 0.717) is 10.8 Å². The molecule has 21 heavy (non-hydrogen) atoms. The summed E-state index contributed by atoms with van der Waals surface area (Å²) in [6, 6.07) is 5.95. The molecule has 5 heteroatoms. The number of anilines is 1. The molecule has 1 aliphatic carbocycles. The summed E-state index contributed by atoms with van der Waals surface area (Å²) in [4.78, 5) is 18.7. The second-order valence-corrected chi connectivity index (χ2v) is 6.37. The Morgan fingerprint density at radius 2 is 1.95 bits per heavy atom. The molecule has 1 fully saturated rings. The van der Waals surface area contributed by atoms with Gasteiger partial charge in [0, 0.05) is 30.5 Å². The number of nitrogens with zero attached hydrogens (tertiary/aromatic N) is 3. The van der Waals surface area contributed by atoms with Gasteiger partial charge in [0.1, 0.15) is 5.82 Å². The van der Waals surface area contributed by atoms with Gasteiger partial charge in [-0.3, -0.25) is 4.57 Å². The fraction of sp³-hybridized carbons (Fsp3) is 0.500. The van der Waals surface area contributed by atoms with Crippen molar-refractivity contribution in [3.8, 4) is 0 Å². The van der Waals surface area contributed by atoms with Crippen LogP contribution in [0.1, 0.15) is 38.1 Å². The summed E-state index contributed by atoms with van der Waals surface area (Å²) < 4.78 is 1.85. The number of benzene rings is 1. The molecule has 0 atom stereocenters. The molecule has 0 aliphatic heterocycles. The van der Waals surface area contributed by atoms with Gasteiger partial charge in [0.25, 0.3) is 0 Å². The lowest BCUT2D eigenvalue weighted by Gasteiger charge is -2.26. The monoisotopic (exact) mass is 305 g/mol. The normalized spacial score (nSPS) is 16.3. The summed E-state index contributed by atoms with van der Waals surface area (Å²) in [5.74, 6) is 0.707. The molecule has 0 N–H and O–H groups in total. The number of rotatable bonds is 2. The van der Waals surface area contributed by atoms with Crippen LogP contribution in [0.5, 0.6) is 0 Å². The average molecular weight is 306 g/mol. The van der Waals surface area contributed by atoms with Crippen molar-refractivity contribution < 1.29 is 0 Å². The molecule has 3 rings (SSSR count). The average Bonchev–Trinajstić information content (AvgIpc) is 2.47. The van der Waals surface area contributed by atoms with E-state index < -0.39 is 0 Å². The number of hydrogen-bond donors (Lipinski definition) is 0. The Hall–Kier alpha value is -1.55. The van der Waals surface area contributed by atoms with E-state index in [-0.39, 0.29) is 11.7 Å². The highest BCUT2D eigenvalue weighted by atomic mass is 35.5. The third-order valence-electron chi connectivity index (χ3n) is 4.23. The Bertz CT molecular complexity index is 717. The van der Waals surface area contributed by atoms with Gasteiger partial charge in [0.15, 0.2) is 0 Å². The van der Waals surface area contributed by atoms with E-state index in [1.807, 2.05) is 41.8 Å². The molecule has 4 nitrogen and oxygen atoms in total. The summed E-state index contributed by atoms with van der Waals surface area (Å²) in [6.45, 7) is 0. The fourth-order valence-electron chi connectivity index (χ4n) is 3.23. The zero-order chi connectivity index (χ0) is 15.0. The van der Waals surface area contributed by atoms with Crippen LogP contribution in [0.2, 0.25) is 5.02 Å². The zero-order valence-corrected chi connectivity index (χ0v) is 13.2. The molecular weight excluding hydrogens is 286 g/mol. The molecule has 0 amide bonds. The van der Waals surface area contributed by atoms with Crippen molar-refractivity contribution in [2.45, 2.75) is 38.1 Å². The molecule has 0 unspecified atom stereocenters. The van der Waals surface area contributed by atoms with Crippen LogP contribution in [-0.2, 0) is 0 Å². The first-order valence-electron chi connectivity index (χ1n) is 7.47. The summed E-state index contributed by atoms with van der Waals surface area (Å²) in [7, 11) is 3.81. The minimum absolute atomic E-state index is 0.166. The molecule has 2 aromatic rings. The largest absolute Gasteiger partial charge is 0.362 e. The Morgan fingerprint density at radius 1 is 1.24 bits per heavy atom. The molecule has 0 radical (unpaired) electrons. The standard InChI is InChI=1S/C16H20ClN3O/c1-19(2)15-13-9-8-11(17)10-14(13)20(16(21)18-15)12-6-4-3-5-7-12/h8-10,12H,3-7H2,1-2H3. The minimum Gasteiger partial charge on any atom is -0.362 e. The van der Waals surface area contributed by atoms with E-state index in [1.54, 1.807) is 0 Å². The van der Waals surface area contributed by atoms with Crippen LogP contribution in [0, 0.1) is 0 Å². The van der Waals surface area contributed by atoms with Crippen molar-refractivity contribution in [2.75, 3.05) is 19.0 Å². The summed E-state index contributed by atoms with van der Waals surface area (Å²) in [6.07, 6.45) is 5.70. The van der Waals surface area contributed by atoms with E-state index in [4.69, 9.17) is 11.6 Å². The summed E-state index contributed by atoms with van der Waals surface area (Å²) in [5, 5.41) is 1.64. The molecule has 0 spiro atoms. The SMILES string of the molecule is CN(C)c1nc(=O)n(C2CCCCC2)c2cc(Cl)ccc12. The van der Waals surface area contributed by atoms with Crippen LogP contribution >= 0.6 is 11.6 Å². The van der Waals surface area contributed by atoms with Gasteiger partial charge in [-0.2, -0.15) is 4.98 Å². The van der Waals surface area contributed by atoms with Gasteiger partial charge >= 0.3 is 5.69 Å². The lowest BCUT2D eigenvalue weighted by Crippen LogP contribution is -2.30. The predicted molar refractivity (Wildman–Crippen MR) is 87.5 cm³/mol. The van der Waals surface area contributed by atoms with Crippen LogP contribution in [-0.4, -0.2) is 23.6 Å². The first kappa shape index (κ1) is 14.4. The smallest absolute Gasteiger partial charge is 0.350 e. The number of fused-ring (bicyclic) bond motifs is 1.